The summed E-state index contributed by atoms with van der Waals surface area (Å²) in [7, 11) is 0. The Morgan fingerprint density at radius 3 is 3.00 bits per heavy atom. The van der Waals surface area contributed by atoms with Crippen LogP contribution in [0, 0.1) is 0 Å². The van der Waals surface area contributed by atoms with Crippen LogP contribution in [0.25, 0.3) is 0 Å². The van der Waals surface area contributed by atoms with Gasteiger partial charge in [-0.25, -0.2) is 0 Å². The molecule has 16 heavy (non-hydrogen) atoms. The van der Waals surface area contributed by atoms with E-state index in [1.54, 1.807) is 6.07 Å². The van der Waals surface area contributed by atoms with Gasteiger partial charge in [-0.1, -0.05) is 15.9 Å². The fourth-order valence-corrected chi connectivity index (χ4v) is 3.11. The molecule has 0 radical (unpaired) electrons. The van der Waals surface area contributed by atoms with Gasteiger partial charge in [0.2, 0.25) is 0 Å². The maximum absolute atomic E-state index is 12.3. The van der Waals surface area contributed by atoms with Gasteiger partial charge in [-0.15, -0.1) is 0 Å². The normalized spacial score (nSPS) is 21.1. The average molecular weight is 351 g/mol. The fraction of sp³-hybridized carbons (Fsp3) is 0.545. The van der Waals surface area contributed by atoms with Crippen LogP contribution in [-0.4, -0.2) is 28.7 Å². The van der Waals surface area contributed by atoms with Crippen molar-refractivity contribution in [1.29, 1.82) is 0 Å². The monoisotopic (exact) mass is 349 g/mol. The second-order valence-electron chi connectivity index (χ2n) is 3.91. The molecule has 2 rings (SSSR count). The number of amides is 1. The van der Waals surface area contributed by atoms with Crippen molar-refractivity contribution < 1.29 is 9.21 Å². The molecule has 1 aromatic rings. The van der Waals surface area contributed by atoms with E-state index >= 15 is 0 Å². The number of alkyl halides is 1. The van der Waals surface area contributed by atoms with Crippen LogP contribution in [0.5, 0.6) is 0 Å². The standard InChI is InChI=1S/C11H13Br2NO2/c12-7-8-3-1-2-5-14(8)11(15)9-4-6-16-10(9)13/h4,6,8H,1-3,5,7H2. The number of furan rings is 1. The third-order valence-corrected chi connectivity index (χ3v) is 4.28. The van der Waals surface area contributed by atoms with E-state index < -0.39 is 0 Å². The maximum atomic E-state index is 12.3. The lowest BCUT2D eigenvalue weighted by Crippen LogP contribution is -2.44. The van der Waals surface area contributed by atoms with Crippen LogP contribution < -0.4 is 0 Å². The number of hydrogen-bond donors (Lipinski definition) is 0. The predicted molar refractivity (Wildman–Crippen MR) is 68.9 cm³/mol. The van der Waals surface area contributed by atoms with E-state index in [1.807, 2.05) is 4.90 Å². The van der Waals surface area contributed by atoms with Gasteiger partial charge >= 0.3 is 0 Å². The quantitative estimate of drug-likeness (QED) is 0.765. The fourth-order valence-electron chi connectivity index (χ4n) is 2.03. The number of nitrogens with zero attached hydrogens (tertiary/aromatic N) is 1. The highest BCUT2D eigenvalue weighted by Crippen LogP contribution is 2.25. The van der Waals surface area contributed by atoms with E-state index in [-0.39, 0.29) is 5.91 Å². The van der Waals surface area contributed by atoms with Gasteiger partial charge in [0, 0.05) is 17.9 Å². The summed E-state index contributed by atoms with van der Waals surface area (Å²) in [6, 6.07) is 2.02. The summed E-state index contributed by atoms with van der Waals surface area (Å²) in [5.41, 5.74) is 0.618. The molecule has 1 saturated heterocycles. The van der Waals surface area contributed by atoms with Crippen molar-refractivity contribution in [2.45, 2.75) is 25.3 Å². The van der Waals surface area contributed by atoms with Crippen LogP contribution in [0.1, 0.15) is 29.6 Å². The van der Waals surface area contributed by atoms with E-state index in [4.69, 9.17) is 4.42 Å². The summed E-state index contributed by atoms with van der Waals surface area (Å²) < 4.78 is 5.63. The van der Waals surface area contributed by atoms with Crippen molar-refractivity contribution in [3.05, 3.63) is 22.6 Å². The topological polar surface area (TPSA) is 33.5 Å². The number of piperidine rings is 1. The molecule has 0 N–H and O–H groups in total. The molecule has 1 fully saturated rings. The van der Waals surface area contributed by atoms with Crippen LogP contribution in [0.4, 0.5) is 0 Å². The molecule has 1 amide bonds. The average Bonchev–Trinajstić information content (AvgIpc) is 2.74. The van der Waals surface area contributed by atoms with Gasteiger partial charge in [-0.05, 0) is 41.3 Å². The molecular formula is C11H13Br2NO2. The predicted octanol–water partition coefficient (Wildman–Crippen LogP) is 3.43. The van der Waals surface area contributed by atoms with Gasteiger partial charge in [-0.2, -0.15) is 0 Å². The molecular weight excluding hydrogens is 338 g/mol. The van der Waals surface area contributed by atoms with Gasteiger partial charge in [0.1, 0.15) is 0 Å². The zero-order valence-corrected chi connectivity index (χ0v) is 12.0. The summed E-state index contributed by atoms with van der Waals surface area (Å²) in [6.45, 7) is 0.840. The summed E-state index contributed by atoms with van der Waals surface area (Å²) in [5, 5.41) is 0.841. The molecule has 88 valence electrons. The molecule has 0 saturated carbocycles. The number of carbonyl (C=O) groups excluding carboxylic acids is 1. The summed E-state index contributed by atoms with van der Waals surface area (Å²) in [5.74, 6) is 0.0600. The second kappa shape index (κ2) is 5.36. The molecule has 5 heteroatoms. The molecule has 1 aromatic heterocycles. The van der Waals surface area contributed by atoms with Gasteiger partial charge < -0.3 is 9.32 Å². The Kier molecular flexibility index (Phi) is 4.08. The van der Waals surface area contributed by atoms with Crippen molar-refractivity contribution >= 4 is 37.8 Å². The van der Waals surface area contributed by atoms with Crippen LogP contribution in [0.3, 0.4) is 0 Å². The number of hydrogen-bond acceptors (Lipinski definition) is 2. The van der Waals surface area contributed by atoms with Gasteiger partial charge in [0.05, 0.1) is 11.8 Å². The van der Waals surface area contributed by atoms with E-state index in [2.05, 4.69) is 31.9 Å². The minimum Gasteiger partial charge on any atom is -0.457 e. The summed E-state index contributed by atoms with van der Waals surface area (Å²) >= 11 is 6.72. The van der Waals surface area contributed by atoms with Crippen LogP contribution in [0.15, 0.2) is 21.4 Å². The molecule has 0 spiro atoms. The smallest absolute Gasteiger partial charge is 0.258 e. The third-order valence-electron chi connectivity index (χ3n) is 2.91. The Morgan fingerprint density at radius 2 is 2.38 bits per heavy atom. The molecule has 1 aliphatic heterocycles. The number of rotatable bonds is 2. The third kappa shape index (κ3) is 2.35. The van der Waals surface area contributed by atoms with E-state index in [0.29, 0.717) is 16.3 Å². The lowest BCUT2D eigenvalue weighted by atomic mass is 10.0. The van der Waals surface area contributed by atoms with E-state index in [9.17, 15) is 4.79 Å². The highest BCUT2D eigenvalue weighted by molar-refractivity contribution is 9.10. The molecule has 0 bridgehead atoms. The number of carbonyl (C=O) groups is 1. The van der Waals surface area contributed by atoms with Crippen molar-refractivity contribution in [3.63, 3.8) is 0 Å². The van der Waals surface area contributed by atoms with Crippen LogP contribution >= 0.6 is 31.9 Å². The van der Waals surface area contributed by atoms with Crippen molar-refractivity contribution in [1.82, 2.24) is 4.90 Å². The Labute approximate surface area is 111 Å². The van der Waals surface area contributed by atoms with Crippen LogP contribution in [-0.2, 0) is 0 Å². The van der Waals surface area contributed by atoms with Gasteiger partial charge in [0.25, 0.3) is 5.91 Å². The van der Waals surface area contributed by atoms with Gasteiger partial charge in [-0.3, -0.25) is 4.79 Å². The zero-order chi connectivity index (χ0) is 11.5. The first kappa shape index (κ1) is 12.2. The van der Waals surface area contributed by atoms with Crippen molar-refractivity contribution in [3.8, 4) is 0 Å². The van der Waals surface area contributed by atoms with Crippen molar-refractivity contribution in [2.24, 2.45) is 0 Å². The largest absolute Gasteiger partial charge is 0.457 e. The lowest BCUT2D eigenvalue weighted by Gasteiger charge is -2.34. The van der Waals surface area contributed by atoms with Crippen LogP contribution in [0.2, 0.25) is 0 Å². The molecule has 0 aromatic carbocycles. The molecule has 1 atom stereocenters. The first-order valence-corrected chi connectivity index (χ1v) is 7.25. The zero-order valence-electron chi connectivity index (χ0n) is 8.79. The van der Waals surface area contributed by atoms with Gasteiger partial charge in [0.15, 0.2) is 4.67 Å². The first-order chi connectivity index (χ1) is 7.74. The Hall–Kier alpha value is -0.290. The van der Waals surface area contributed by atoms with Crippen molar-refractivity contribution in [2.75, 3.05) is 11.9 Å². The number of likely N-dealkylation sites (tertiary alicyclic amines) is 1. The molecule has 1 unspecified atom stereocenters. The minimum absolute atomic E-state index is 0.0600. The Morgan fingerprint density at radius 1 is 1.56 bits per heavy atom. The summed E-state index contributed by atoms with van der Waals surface area (Å²) in [6.07, 6.45) is 4.90. The summed E-state index contributed by atoms with van der Waals surface area (Å²) in [4.78, 5) is 14.2. The minimum atomic E-state index is 0.0600. The molecule has 0 aliphatic carbocycles. The first-order valence-electron chi connectivity index (χ1n) is 5.34. The highest BCUT2D eigenvalue weighted by atomic mass is 79.9. The second-order valence-corrected chi connectivity index (χ2v) is 5.28. The maximum Gasteiger partial charge on any atom is 0.258 e. The van der Waals surface area contributed by atoms with E-state index in [1.165, 1.54) is 12.7 Å². The number of halogens is 2. The molecule has 1 aliphatic rings. The molecule has 3 nitrogen and oxygen atoms in total. The SMILES string of the molecule is O=C(c1ccoc1Br)N1CCCCC1CBr. The Bertz CT molecular complexity index is 378. The van der Waals surface area contributed by atoms with E-state index in [0.717, 1.165) is 24.7 Å². The molecule has 2 heterocycles. The highest BCUT2D eigenvalue weighted by Gasteiger charge is 2.28. The lowest BCUT2D eigenvalue weighted by molar-refractivity contribution is 0.0640. The Balaban J connectivity index is 2.17.